The Kier molecular flexibility index (Phi) is 2.84. The zero-order chi connectivity index (χ0) is 10.8. The van der Waals surface area contributed by atoms with Crippen LogP contribution in [0.4, 0.5) is 0 Å². The fourth-order valence-electron chi connectivity index (χ4n) is 1.59. The minimum Gasteiger partial charge on any atom is -0.392 e. The van der Waals surface area contributed by atoms with E-state index in [1.807, 2.05) is 13.0 Å². The first-order valence-corrected chi connectivity index (χ1v) is 5.70. The normalized spacial score (nSPS) is 10.6. The first kappa shape index (κ1) is 10.3. The fourth-order valence-corrected chi connectivity index (χ4v) is 2.28. The van der Waals surface area contributed by atoms with Crippen LogP contribution in [0.3, 0.4) is 0 Å². The van der Waals surface area contributed by atoms with E-state index < -0.39 is 0 Å². The third-order valence-electron chi connectivity index (χ3n) is 2.32. The van der Waals surface area contributed by atoms with Crippen molar-refractivity contribution in [2.75, 3.05) is 0 Å². The van der Waals surface area contributed by atoms with E-state index in [1.54, 1.807) is 17.5 Å². The lowest BCUT2D eigenvalue weighted by atomic mass is 10.1. The van der Waals surface area contributed by atoms with E-state index in [9.17, 15) is 0 Å². The number of aryl methyl sites for hydroxylation is 2. The molecule has 2 heterocycles. The molecule has 2 rings (SSSR count). The molecule has 2 nitrogen and oxygen atoms in total. The maximum absolute atomic E-state index is 8.99. The van der Waals surface area contributed by atoms with Crippen LogP contribution >= 0.6 is 11.3 Å². The molecule has 3 heteroatoms. The van der Waals surface area contributed by atoms with Crippen molar-refractivity contribution in [1.29, 1.82) is 0 Å². The summed E-state index contributed by atoms with van der Waals surface area (Å²) in [5.74, 6) is 0. The van der Waals surface area contributed by atoms with E-state index in [4.69, 9.17) is 5.11 Å². The van der Waals surface area contributed by atoms with Crippen molar-refractivity contribution in [3.8, 4) is 11.3 Å². The van der Waals surface area contributed by atoms with Gasteiger partial charge in [0, 0.05) is 22.0 Å². The molecule has 0 atom stereocenters. The van der Waals surface area contributed by atoms with Crippen molar-refractivity contribution >= 4 is 11.3 Å². The van der Waals surface area contributed by atoms with E-state index in [0.29, 0.717) is 0 Å². The van der Waals surface area contributed by atoms with Crippen LogP contribution in [-0.2, 0) is 6.61 Å². The molecular formula is C12H13NOS. The number of aliphatic hydroxyl groups is 1. The zero-order valence-electron chi connectivity index (χ0n) is 8.82. The fraction of sp³-hybridized carbons (Fsp3) is 0.250. The Morgan fingerprint density at radius 2 is 2.13 bits per heavy atom. The number of nitrogens with zero attached hydrogens (tertiary/aromatic N) is 1. The highest BCUT2D eigenvalue weighted by Crippen LogP contribution is 2.26. The van der Waals surface area contributed by atoms with E-state index in [0.717, 1.165) is 16.8 Å². The van der Waals surface area contributed by atoms with Gasteiger partial charge in [0.05, 0.1) is 12.3 Å². The maximum atomic E-state index is 8.99. The second-order valence-electron chi connectivity index (χ2n) is 3.61. The van der Waals surface area contributed by atoms with Crippen LogP contribution in [0, 0.1) is 13.8 Å². The minimum atomic E-state index is 0.0524. The molecule has 0 unspecified atom stereocenters. The minimum absolute atomic E-state index is 0.0524. The molecule has 0 aromatic carbocycles. The molecule has 0 fully saturated rings. The summed E-state index contributed by atoms with van der Waals surface area (Å²) in [5, 5.41) is 11.1. The summed E-state index contributed by atoms with van der Waals surface area (Å²) < 4.78 is 0. The molecule has 0 aliphatic carbocycles. The van der Waals surface area contributed by atoms with E-state index in [2.05, 4.69) is 23.4 Å². The smallest absolute Gasteiger partial charge is 0.0739 e. The van der Waals surface area contributed by atoms with Gasteiger partial charge < -0.3 is 5.11 Å². The van der Waals surface area contributed by atoms with Crippen molar-refractivity contribution in [2.24, 2.45) is 0 Å². The number of aliphatic hydroxyl groups excluding tert-OH is 1. The summed E-state index contributed by atoms with van der Waals surface area (Å²) in [4.78, 5) is 5.67. The van der Waals surface area contributed by atoms with Crippen molar-refractivity contribution in [2.45, 2.75) is 20.5 Å². The van der Waals surface area contributed by atoms with Crippen molar-refractivity contribution in [1.82, 2.24) is 4.98 Å². The SMILES string of the molecule is Cc1cc(-c2ncc(CO)cc2C)cs1. The van der Waals surface area contributed by atoms with Crippen LogP contribution in [0.15, 0.2) is 23.7 Å². The Labute approximate surface area is 93.2 Å². The van der Waals surface area contributed by atoms with Crippen LogP contribution in [-0.4, -0.2) is 10.1 Å². The number of hydrogen-bond donors (Lipinski definition) is 1. The van der Waals surface area contributed by atoms with Crippen LogP contribution in [0.2, 0.25) is 0 Å². The van der Waals surface area contributed by atoms with Crippen LogP contribution in [0.1, 0.15) is 16.0 Å². The van der Waals surface area contributed by atoms with Gasteiger partial charge in [-0.25, -0.2) is 0 Å². The van der Waals surface area contributed by atoms with Gasteiger partial charge in [0.25, 0.3) is 0 Å². The monoisotopic (exact) mass is 219 g/mol. The topological polar surface area (TPSA) is 33.1 Å². The summed E-state index contributed by atoms with van der Waals surface area (Å²) in [7, 11) is 0. The standard InChI is InChI=1S/C12H13NOS/c1-8-3-10(6-14)5-13-12(8)11-4-9(2)15-7-11/h3-5,7,14H,6H2,1-2H3. The molecular weight excluding hydrogens is 206 g/mol. The third-order valence-corrected chi connectivity index (χ3v) is 3.18. The second-order valence-corrected chi connectivity index (χ2v) is 4.73. The van der Waals surface area contributed by atoms with Gasteiger partial charge in [-0.3, -0.25) is 4.98 Å². The summed E-state index contributed by atoms with van der Waals surface area (Å²) in [6.45, 7) is 4.16. The summed E-state index contributed by atoms with van der Waals surface area (Å²) >= 11 is 1.73. The van der Waals surface area contributed by atoms with Crippen molar-refractivity contribution < 1.29 is 5.11 Å². The lowest BCUT2D eigenvalue weighted by Crippen LogP contribution is -1.91. The second kappa shape index (κ2) is 4.13. The van der Waals surface area contributed by atoms with E-state index in [-0.39, 0.29) is 6.61 Å². The molecule has 0 aliphatic heterocycles. The largest absolute Gasteiger partial charge is 0.392 e. The van der Waals surface area contributed by atoms with E-state index in [1.165, 1.54) is 10.4 Å². The predicted octanol–water partition coefficient (Wildman–Crippen LogP) is 2.92. The molecule has 0 aliphatic rings. The average Bonchev–Trinajstić information content (AvgIpc) is 2.64. The summed E-state index contributed by atoms with van der Waals surface area (Å²) in [6.07, 6.45) is 1.73. The van der Waals surface area contributed by atoms with Crippen LogP contribution in [0.25, 0.3) is 11.3 Å². The Balaban J connectivity index is 2.45. The van der Waals surface area contributed by atoms with Gasteiger partial charge in [0.15, 0.2) is 0 Å². The lowest BCUT2D eigenvalue weighted by Gasteiger charge is -2.04. The van der Waals surface area contributed by atoms with Crippen molar-refractivity contribution in [3.63, 3.8) is 0 Å². The number of thiophene rings is 1. The Morgan fingerprint density at radius 1 is 1.33 bits per heavy atom. The molecule has 0 saturated carbocycles. The quantitative estimate of drug-likeness (QED) is 0.842. The maximum Gasteiger partial charge on any atom is 0.0739 e. The van der Waals surface area contributed by atoms with Crippen molar-refractivity contribution in [3.05, 3.63) is 39.7 Å². The third kappa shape index (κ3) is 2.08. The highest BCUT2D eigenvalue weighted by Gasteiger charge is 2.05. The van der Waals surface area contributed by atoms with Gasteiger partial charge in [0.1, 0.15) is 0 Å². The molecule has 0 radical (unpaired) electrons. The van der Waals surface area contributed by atoms with Gasteiger partial charge in [-0.1, -0.05) is 6.07 Å². The van der Waals surface area contributed by atoms with E-state index >= 15 is 0 Å². The molecule has 0 amide bonds. The molecule has 1 N–H and O–H groups in total. The molecule has 0 saturated heterocycles. The molecule has 2 aromatic heterocycles. The average molecular weight is 219 g/mol. The van der Waals surface area contributed by atoms with Crippen LogP contribution < -0.4 is 0 Å². The first-order chi connectivity index (χ1) is 7.20. The molecule has 2 aromatic rings. The summed E-state index contributed by atoms with van der Waals surface area (Å²) in [6, 6.07) is 4.12. The van der Waals surface area contributed by atoms with Gasteiger partial charge >= 0.3 is 0 Å². The first-order valence-electron chi connectivity index (χ1n) is 4.82. The van der Waals surface area contributed by atoms with Gasteiger partial charge in [-0.15, -0.1) is 11.3 Å². The molecule has 15 heavy (non-hydrogen) atoms. The van der Waals surface area contributed by atoms with Gasteiger partial charge in [-0.2, -0.15) is 0 Å². The molecule has 0 spiro atoms. The number of hydrogen-bond acceptors (Lipinski definition) is 3. The number of pyridine rings is 1. The predicted molar refractivity (Wildman–Crippen MR) is 62.9 cm³/mol. The Hall–Kier alpha value is -1.19. The number of rotatable bonds is 2. The highest BCUT2D eigenvalue weighted by atomic mass is 32.1. The summed E-state index contributed by atoms with van der Waals surface area (Å²) in [5.41, 5.74) is 4.15. The zero-order valence-corrected chi connectivity index (χ0v) is 9.64. The molecule has 0 bridgehead atoms. The molecule has 78 valence electrons. The van der Waals surface area contributed by atoms with Crippen LogP contribution in [0.5, 0.6) is 0 Å². The van der Waals surface area contributed by atoms with Gasteiger partial charge in [0.2, 0.25) is 0 Å². The lowest BCUT2D eigenvalue weighted by molar-refractivity contribution is 0.281. The van der Waals surface area contributed by atoms with Gasteiger partial charge in [-0.05, 0) is 31.0 Å². The Bertz CT molecular complexity index is 476. The number of aromatic nitrogens is 1. The Morgan fingerprint density at radius 3 is 2.67 bits per heavy atom. The highest BCUT2D eigenvalue weighted by molar-refractivity contribution is 7.10.